The summed E-state index contributed by atoms with van der Waals surface area (Å²) in [5, 5.41) is 44.4. The zero-order valence-corrected chi connectivity index (χ0v) is 39.6. The van der Waals surface area contributed by atoms with Gasteiger partial charge in [-0.2, -0.15) is 5.26 Å². The second-order valence-corrected chi connectivity index (χ2v) is 18.0. The Labute approximate surface area is 411 Å². The van der Waals surface area contributed by atoms with E-state index in [4.69, 9.17) is 28.9 Å². The van der Waals surface area contributed by atoms with Gasteiger partial charge < -0.3 is 44.0 Å². The molecule has 0 bridgehead atoms. The van der Waals surface area contributed by atoms with E-state index in [1.165, 1.54) is 0 Å². The number of nitriles is 1. The predicted molar refractivity (Wildman–Crippen MR) is 268 cm³/mol. The molecule has 8 rings (SSSR count). The highest BCUT2D eigenvalue weighted by Gasteiger charge is 2.65. The van der Waals surface area contributed by atoms with Gasteiger partial charge in [-0.1, -0.05) is 103 Å². The van der Waals surface area contributed by atoms with E-state index in [-0.39, 0.29) is 82.9 Å². The van der Waals surface area contributed by atoms with E-state index in [9.17, 15) is 20.6 Å². The van der Waals surface area contributed by atoms with Crippen LogP contribution in [0.3, 0.4) is 0 Å². The van der Waals surface area contributed by atoms with Crippen LogP contribution in [0.4, 0.5) is 0 Å². The SMILES string of the molecule is C=CCO[C@@]12Oc3ccc(Oc4ccc(-c5ccccc5)cc4)cc3[C@H]3[C@H](CCCCO)[C@@H](CCCCO)C=C(C(=NOCc4ccccc4)C[C@@H]1N(CCOCCO)C(=O)c1ccc(C#N)cc1)[C@H]32. The molecule has 0 unspecified atom stereocenters. The van der Waals surface area contributed by atoms with E-state index < -0.39 is 17.7 Å². The summed E-state index contributed by atoms with van der Waals surface area (Å²) >= 11 is 0. The smallest absolute Gasteiger partial charge is 0.254 e. The van der Waals surface area contributed by atoms with Crippen LogP contribution in [-0.2, 0) is 20.9 Å². The molecule has 0 spiro atoms. The predicted octanol–water partition coefficient (Wildman–Crippen LogP) is 10.0. The highest BCUT2D eigenvalue weighted by atomic mass is 16.7. The number of ether oxygens (including phenoxy) is 4. The molecule has 3 N–H and O–H groups in total. The van der Waals surface area contributed by atoms with Gasteiger partial charge in [-0.25, -0.2) is 0 Å². The highest BCUT2D eigenvalue weighted by Crippen LogP contribution is 2.62. The van der Waals surface area contributed by atoms with Gasteiger partial charge in [0.2, 0.25) is 5.79 Å². The van der Waals surface area contributed by atoms with Gasteiger partial charge in [-0.15, -0.1) is 6.58 Å². The molecule has 1 saturated carbocycles. The molecule has 3 aliphatic rings. The lowest BCUT2D eigenvalue weighted by Gasteiger charge is -2.60. The van der Waals surface area contributed by atoms with Gasteiger partial charge in [0.25, 0.3) is 5.91 Å². The summed E-state index contributed by atoms with van der Waals surface area (Å²) in [4.78, 5) is 23.2. The van der Waals surface area contributed by atoms with Crippen LogP contribution in [0.2, 0.25) is 0 Å². The first-order chi connectivity index (χ1) is 34.4. The first kappa shape index (κ1) is 49.8. The molecule has 1 aliphatic heterocycles. The number of nitrogens with zero attached hydrogens (tertiary/aromatic N) is 3. The number of hydrogen-bond acceptors (Lipinski definition) is 11. The van der Waals surface area contributed by atoms with Crippen molar-refractivity contribution in [2.45, 2.75) is 69.3 Å². The summed E-state index contributed by atoms with van der Waals surface area (Å²) in [5.41, 5.74) is 6.39. The lowest BCUT2D eigenvalue weighted by molar-refractivity contribution is -0.254. The largest absolute Gasteiger partial charge is 0.459 e. The second kappa shape index (κ2) is 24.3. The van der Waals surface area contributed by atoms with Crippen molar-refractivity contribution >= 4 is 11.6 Å². The fourth-order valence-corrected chi connectivity index (χ4v) is 10.5. The minimum Gasteiger partial charge on any atom is -0.459 e. The van der Waals surface area contributed by atoms with Gasteiger partial charge in [-0.05, 0) is 114 Å². The lowest BCUT2D eigenvalue weighted by atomic mass is 9.55. The van der Waals surface area contributed by atoms with Crippen LogP contribution in [-0.4, -0.2) is 89.9 Å². The molecule has 1 heterocycles. The number of fused-ring (bicyclic) bond motifs is 2. The molecule has 0 radical (unpaired) electrons. The Balaban J connectivity index is 1.31. The van der Waals surface area contributed by atoms with Gasteiger partial charge in [-0.3, -0.25) is 4.79 Å². The second-order valence-electron chi connectivity index (χ2n) is 18.0. The maximum Gasteiger partial charge on any atom is 0.254 e. The van der Waals surface area contributed by atoms with Crippen molar-refractivity contribution < 1.29 is 43.9 Å². The molecule has 12 heteroatoms. The first-order valence-corrected chi connectivity index (χ1v) is 24.5. The molecule has 1 fully saturated rings. The third kappa shape index (κ3) is 11.4. The molecule has 1 amide bonds. The van der Waals surface area contributed by atoms with Crippen molar-refractivity contribution in [1.29, 1.82) is 5.26 Å². The number of rotatable bonds is 24. The third-order valence-electron chi connectivity index (χ3n) is 13.7. The Morgan fingerprint density at radius 3 is 2.23 bits per heavy atom. The molecule has 12 nitrogen and oxygen atoms in total. The minimum atomic E-state index is -1.52. The Morgan fingerprint density at radius 1 is 0.829 bits per heavy atom. The van der Waals surface area contributed by atoms with Crippen LogP contribution in [0.1, 0.15) is 77.9 Å². The zero-order valence-electron chi connectivity index (χ0n) is 39.6. The zero-order chi connectivity index (χ0) is 48.7. The molecule has 70 heavy (non-hydrogen) atoms. The van der Waals surface area contributed by atoms with Crippen LogP contribution in [0.5, 0.6) is 17.2 Å². The van der Waals surface area contributed by atoms with Crippen molar-refractivity contribution in [3.05, 3.63) is 174 Å². The van der Waals surface area contributed by atoms with Crippen LogP contribution in [0.25, 0.3) is 11.1 Å². The summed E-state index contributed by atoms with van der Waals surface area (Å²) < 4.78 is 27.1. The number of unbranched alkanes of at least 4 members (excludes halogenated alkanes) is 2. The third-order valence-corrected chi connectivity index (χ3v) is 13.7. The van der Waals surface area contributed by atoms with E-state index in [1.807, 2.05) is 84.9 Å². The fraction of sp³-hybridized carbons (Fsp3) is 0.362. The molecule has 0 aromatic heterocycles. The Kier molecular flexibility index (Phi) is 17.3. The number of carbonyl (C=O) groups excluding carboxylic acids is 1. The standard InChI is InChI=1S/C58H63N3O9/c1-2-33-67-58-54(61(29-34-66-35-32-64)57(65)45-21-19-41(39-59)20-22-45)38-52(60-68-40-42-13-5-3-6-14-42)50-36-46(17-9-11-30-62)49(18-10-12-31-63)55(56(50)58)51-37-48(27-28-53(51)70-58)69-47-25-23-44(24-26-47)43-15-7-4-8-16-43/h2-8,13-16,19-28,36-37,46,49,54-56,62-64H,1,9-12,17-18,29-35,38,40H2/t46-,49+,54-,55+,56+,58+/m0/s1. The molecular formula is C58H63N3O9. The minimum absolute atomic E-state index is 0.00504. The van der Waals surface area contributed by atoms with Gasteiger partial charge in [0.15, 0.2) is 0 Å². The normalized spacial score (nSPS) is 21.6. The van der Waals surface area contributed by atoms with E-state index in [0.717, 1.165) is 53.5 Å². The molecule has 2 aliphatic carbocycles. The van der Waals surface area contributed by atoms with Crippen molar-refractivity contribution in [2.75, 3.05) is 46.2 Å². The van der Waals surface area contributed by atoms with Crippen LogP contribution >= 0.6 is 0 Å². The number of oxime groups is 1. The van der Waals surface area contributed by atoms with Crippen LogP contribution in [0.15, 0.2) is 157 Å². The van der Waals surface area contributed by atoms with E-state index >= 15 is 4.79 Å². The molecule has 5 aromatic rings. The van der Waals surface area contributed by atoms with E-state index in [2.05, 4.69) is 36.9 Å². The Hall–Kier alpha value is -6.59. The lowest BCUT2D eigenvalue weighted by Crippen LogP contribution is -2.70. The van der Waals surface area contributed by atoms with Crippen molar-refractivity contribution in [2.24, 2.45) is 22.9 Å². The van der Waals surface area contributed by atoms with Gasteiger partial charge in [0, 0.05) is 43.2 Å². The molecule has 5 aromatic carbocycles. The van der Waals surface area contributed by atoms with E-state index in [0.29, 0.717) is 46.9 Å². The average Bonchev–Trinajstić information content (AvgIpc) is 3.40. The number of benzene rings is 5. The fourth-order valence-electron chi connectivity index (χ4n) is 10.5. The molecule has 6 atom stereocenters. The van der Waals surface area contributed by atoms with Crippen LogP contribution < -0.4 is 9.47 Å². The molecular weight excluding hydrogens is 883 g/mol. The first-order valence-electron chi connectivity index (χ1n) is 24.5. The summed E-state index contributed by atoms with van der Waals surface area (Å²) in [7, 11) is 0. The van der Waals surface area contributed by atoms with Crippen molar-refractivity contribution in [3.63, 3.8) is 0 Å². The number of aliphatic hydroxyl groups excluding tert-OH is 3. The maximum absolute atomic E-state index is 15.2. The summed E-state index contributed by atoms with van der Waals surface area (Å²) in [5.74, 6) is -0.768. The van der Waals surface area contributed by atoms with Gasteiger partial charge in [0.1, 0.15) is 29.9 Å². The number of allylic oxidation sites excluding steroid dienone is 1. The van der Waals surface area contributed by atoms with E-state index in [1.54, 1.807) is 35.2 Å². The summed E-state index contributed by atoms with van der Waals surface area (Å²) in [6, 6.07) is 41.8. The topological polar surface area (TPSA) is 163 Å². The number of carbonyl (C=O) groups is 1. The number of aliphatic hydroxyl groups is 3. The highest BCUT2D eigenvalue weighted by molar-refractivity contribution is 6.03. The monoisotopic (exact) mass is 945 g/mol. The Morgan fingerprint density at radius 2 is 1.53 bits per heavy atom. The van der Waals surface area contributed by atoms with Crippen molar-refractivity contribution in [1.82, 2.24) is 4.90 Å². The van der Waals surface area contributed by atoms with Gasteiger partial charge in [0.05, 0.1) is 49.7 Å². The molecule has 364 valence electrons. The Bertz CT molecular complexity index is 2600. The summed E-state index contributed by atoms with van der Waals surface area (Å²) in [6.45, 7) is 4.62. The van der Waals surface area contributed by atoms with Gasteiger partial charge >= 0.3 is 0 Å². The average molecular weight is 946 g/mol. The van der Waals surface area contributed by atoms with Crippen LogP contribution in [0, 0.1) is 29.1 Å². The number of amides is 1. The quantitative estimate of drug-likeness (QED) is 0.0308. The maximum atomic E-state index is 15.2. The summed E-state index contributed by atoms with van der Waals surface area (Å²) in [6.07, 6.45) is 8.58. The molecule has 0 saturated heterocycles. The number of hydrogen-bond donors (Lipinski definition) is 3. The van der Waals surface area contributed by atoms with Crippen molar-refractivity contribution in [3.8, 4) is 34.4 Å².